The third-order valence-electron chi connectivity index (χ3n) is 3.48. The van der Waals surface area contributed by atoms with Gasteiger partial charge in [-0.25, -0.2) is 4.98 Å². The van der Waals surface area contributed by atoms with Crippen molar-refractivity contribution in [3.63, 3.8) is 0 Å². The molecule has 0 saturated heterocycles. The van der Waals surface area contributed by atoms with Crippen molar-refractivity contribution in [2.75, 3.05) is 12.2 Å². The molecule has 0 saturated carbocycles. The molecule has 1 aliphatic heterocycles. The molecule has 1 N–H and O–H groups in total. The van der Waals surface area contributed by atoms with Crippen LogP contribution in [0.25, 0.3) is 11.3 Å². The van der Waals surface area contributed by atoms with Gasteiger partial charge in [-0.1, -0.05) is 23.2 Å². The van der Waals surface area contributed by atoms with Gasteiger partial charge < -0.3 is 9.47 Å². The lowest BCUT2D eigenvalue weighted by molar-refractivity contribution is 0.174. The van der Waals surface area contributed by atoms with Gasteiger partial charge in [-0.15, -0.1) is 11.3 Å². The number of aromatic nitrogens is 1. The molecule has 0 aliphatic carbocycles. The van der Waals surface area contributed by atoms with Crippen LogP contribution in [-0.4, -0.2) is 18.0 Å². The van der Waals surface area contributed by atoms with Crippen LogP contribution in [0.15, 0.2) is 46.9 Å². The standard InChI is InChI=1S/C17H11Cl2N3O2S/c18-11-2-3-12(13(19)6-11)14-8-25-17(21-14)22-20-7-10-1-4-15-16(5-10)24-9-23-15/h1-8H,9H2,(H,21,22)/b20-7-. The van der Waals surface area contributed by atoms with E-state index in [1.54, 1.807) is 18.3 Å². The predicted molar refractivity (Wildman–Crippen MR) is 101 cm³/mol. The molecule has 4 rings (SSSR count). The summed E-state index contributed by atoms with van der Waals surface area (Å²) in [4.78, 5) is 4.48. The number of fused-ring (bicyclic) bond motifs is 1. The molecule has 0 amide bonds. The Labute approximate surface area is 157 Å². The lowest BCUT2D eigenvalue weighted by atomic mass is 10.2. The molecule has 0 radical (unpaired) electrons. The summed E-state index contributed by atoms with van der Waals surface area (Å²) in [5, 5.41) is 7.93. The van der Waals surface area contributed by atoms with Gasteiger partial charge in [0.05, 0.1) is 16.9 Å². The van der Waals surface area contributed by atoms with E-state index in [0.717, 1.165) is 28.3 Å². The van der Waals surface area contributed by atoms with Gasteiger partial charge in [-0.2, -0.15) is 5.10 Å². The van der Waals surface area contributed by atoms with E-state index >= 15 is 0 Å². The van der Waals surface area contributed by atoms with E-state index in [9.17, 15) is 0 Å². The van der Waals surface area contributed by atoms with Gasteiger partial charge in [0.1, 0.15) is 0 Å². The van der Waals surface area contributed by atoms with Crippen molar-refractivity contribution < 1.29 is 9.47 Å². The number of ether oxygens (including phenoxy) is 2. The molecule has 8 heteroatoms. The van der Waals surface area contributed by atoms with Gasteiger partial charge in [-0.3, -0.25) is 5.43 Å². The summed E-state index contributed by atoms with van der Waals surface area (Å²) >= 11 is 13.6. The van der Waals surface area contributed by atoms with Crippen LogP contribution in [0.3, 0.4) is 0 Å². The van der Waals surface area contributed by atoms with Crippen LogP contribution >= 0.6 is 34.5 Å². The number of nitrogens with zero attached hydrogens (tertiary/aromatic N) is 2. The number of nitrogens with one attached hydrogen (secondary N) is 1. The highest BCUT2D eigenvalue weighted by molar-refractivity contribution is 7.14. The quantitative estimate of drug-likeness (QED) is 0.484. The molecule has 5 nitrogen and oxygen atoms in total. The number of halogens is 2. The van der Waals surface area contributed by atoms with E-state index in [1.165, 1.54) is 11.3 Å². The fourth-order valence-electron chi connectivity index (χ4n) is 2.30. The molecule has 0 fully saturated rings. The monoisotopic (exact) mass is 391 g/mol. The zero-order valence-electron chi connectivity index (χ0n) is 12.7. The SMILES string of the molecule is Clc1ccc(-c2csc(N/N=C\c3ccc4c(c3)OCO4)n2)c(Cl)c1. The first-order chi connectivity index (χ1) is 12.2. The Hall–Kier alpha value is -2.28. The summed E-state index contributed by atoms with van der Waals surface area (Å²) in [6.45, 7) is 0.253. The second-order valence-electron chi connectivity index (χ2n) is 5.14. The number of hydrogen-bond donors (Lipinski definition) is 1. The first-order valence-corrected chi connectivity index (χ1v) is 8.92. The van der Waals surface area contributed by atoms with Gasteiger partial charge in [-0.05, 0) is 42.0 Å². The van der Waals surface area contributed by atoms with E-state index in [-0.39, 0.29) is 6.79 Å². The van der Waals surface area contributed by atoms with Crippen LogP contribution in [0.2, 0.25) is 10.0 Å². The van der Waals surface area contributed by atoms with Crippen molar-refractivity contribution in [3.05, 3.63) is 57.4 Å². The molecule has 2 aromatic carbocycles. The summed E-state index contributed by atoms with van der Waals surface area (Å²) in [5.41, 5.74) is 5.41. The first-order valence-electron chi connectivity index (χ1n) is 7.29. The van der Waals surface area contributed by atoms with Crippen LogP contribution in [0.1, 0.15) is 5.56 Å². The largest absolute Gasteiger partial charge is 0.454 e. The average Bonchev–Trinajstić information content (AvgIpc) is 3.23. The Kier molecular flexibility index (Phi) is 4.48. The molecule has 0 unspecified atom stereocenters. The fourth-order valence-corrected chi connectivity index (χ4v) is 3.47. The summed E-state index contributed by atoms with van der Waals surface area (Å²) in [5.74, 6) is 1.47. The minimum atomic E-state index is 0.253. The molecule has 1 aromatic heterocycles. The van der Waals surface area contributed by atoms with Crippen molar-refractivity contribution >= 4 is 45.9 Å². The number of hydrazone groups is 1. The summed E-state index contributed by atoms with van der Waals surface area (Å²) < 4.78 is 10.6. The Morgan fingerprint density at radius 1 is 1.12 bits per heavy atom. The van der Waals surface area contributed by atoms with Crippen LogP contribution in [0, 0.1) is 0 Å². The molecule has 0 bridgehead atoms. The number of hydrogen-bond acceptors (Lipinski definition) is 6. The lowest BCUT2D eigenvalue weighted by Gasteiger charge is -2.00. The third kappa shape index (κ3) is 3.56. The molecule has 25 heavy (non-hydrogen) atoms. The van der Waals surface area contributed by atoms with E-state index in [2.05, 4.69) is 15.5 Å². The van der Waals surface area contributed by atoms with Crippen LogP contribution in [0.4, 0.5) is 5.13 Å². The minimum Gasteiger partial charge on any atom is -0.454 e. The molecule has 0 spiro atoms. The smallest absolute Gasteiger partial charge is 0.231 e. The van der Waals surface area contributed by atoms with Gasteiger partial charge >= 0.3 is 0 Å². The lowest BCUT2D eigenvalue weighted by Crippen LogP contribution is -1.93. The normalized spacial score (nSPS) is 12.7. The van der Waals surface area contributed by atoms with Crippen LogP contribution in [0.5, 0.6) is 11.5 Å². The Bertz CT molecular complexity index is 959. The van der Waals surface area contributed by atoms with E-state index < -0.39 is 0 Å². The van der Waals surface area contributed by atoms with E-state index in [4.69, 9.17) is 32.7 Å². The maximum absolute atomic E-state index is 6.21. The topological polar surface area (TPSA) is 55.7 Å². The van der Waals surface area contributed by atoms with E-state index in [1.807, 2.05) is 29.6 Å². The number of rotatable bonds is 4. The number of thiazole rings is 1. The van der Waals surface area contributed by atoms with Gasteiger partial charge in [0.25, 0.3) is 0 Å². The second kappa shape index (κ2) is 6.92. The van der Waals surface area contributed by atoms with Crippen LogP contribution in [-0.2, 0) is 0 Å². The number of anilines is 1. The van der Waals surface area contributed by atoms with Gasteiger partial charge in [0, 0.05) is 16.0 Å². The van der Waals surface area contributed by atoms with Crippen molar-refractivity contribution in [1.29, 1.82) is 0 Å². The average molecular weight is 392 g/mol. The maximum atomic E-state index is 6.21. The highest BCUT2D eigenvalue weighted by Gasteiger charge is 2.12. The van der Waals surface area contributed by atoms with Crippen molar-refractivity contribution in [3.8, 4) is 22.8 Å². The highest BCUT2D eigenvalue weighted by Crippen LogP contribution is 2.33. The number of benzene rings is 2. The predicted octanol–water partition coefficient (Wildman–Crippen LogP) is 5.29. The second-order valence-corrected chi connectivity index (χ2v) is 6.85. The first kappa shape index (κ1) is 16.2. The van der Waals surface area contributed by atoms with E-state index in [0.29, 0.717) is 15.2 Å². The zero-order chi connectivity index (χ0) is 17.2. The molecule has 1 aliphatic rings. The molecule has 2 heterocycles. The Balaban J connectivity index is 1.46. The molecular weight excluding hydrogens is 381 g/mol. The molecular formula is C17H11Cl2N3O2S. The summed E-state index contributed by atoms with van der Waals surface area (Å²) in [6.07, 6.45) is 1.69. The van der Waals surface area contributed by atoms with Crippen LogP contribution < -0.4 is 14.9 Å². The minimum absolute atomic E-state index is 0.253. The Morgan fingerprint density at radius 2 is 2.00 bits per heavy atom. The van der Waals surface area contributed by atoms with Crippen molar-refractivity contribution in [1.82, 2.24) is 4.98 Å². The zero-order valence-corrected chi connectivity index (χ0v) is 15.0. The molecule has 3 aromatic rings. The summed E-state index contributed by atoms with van der Waals surface area (Å²) in [6, 6.07) is 11.0. The highest BCUT2D eigenvalue weighted by atomic mass is 35.5. The Morgan fingerprint density at radius 3 is 2.88 bits per heavy atom. The van der Waals surface area contributed by atoms with Crippen molar-refractivity contribution in [2.24, 2.45) is 5.10 Å². The van der Waals surface area contributed by atoms with Gasteiger partial charge in [0.15, 0.2) is 11.5 Å². The molecule has 126 valence electrons. The maximum Gasteiger partial charge on any atom is 0.231 e. The molecule has 0 atom stereocenters. The van der Waals surface area contributed by atoms with Gasteiger partial charge in [0.2, 0.25) is 11.9 Å². The van der Waals surface area contributed by atoms with Crippen molar-refractivity contribution in [2.45, 2.75) is 0 Å². The third-order valence-corrected chi connectivity index (χ3v) is 4.78. The fraction of sp³-hybridized carbons (Fsp3) is 0.0588. The summed E-state index contributed by atoms with van der Waals surface area (Å²) in [7, 11) is 0.